The van der Waals surface area contributed by atoms with Gasteiger partial charge in [-0.25, -0.2) is 0 Å². The highest BCUT2D eigenvalue weighted by atomic mass is 32.1. The SMILES string of the molecule is CC(=O)NC(CC(=O)OC(C)C(=O)Nc1ccc([N+](=O)[O-])cc1)c1cccs1. The zero-order valence-corrected chi connectivity index (χ0v) is 16.0. The molecule has 0 aliphatic carbocycles. The van der Waals surface area contributed by atoms with E-state index in [2.05, 4.69) is 10.6 Å². The Kier molecular flexibility index (Phi) is 7.21. The second-order valence-corrected chi connectivity index (χ2v) is 6.88. The van der Waals surface area contributed by atoms with Crippen LogP contribution in [0.5, 0.6) is 0 Å². The van der Waals surface area contributed by atoms with E-state index in [9.17, 15) is 24.5 Å². The molecule has 10 heteroatoms. The molecule has 0 aliphatic heterocycles. The van der Waals surface area contributed by atoms with E-state index >= 15 is 0 Å². The van der Waals surface area contributed by atoms with E-state index in [1.807, 2.05) is 5.38 Å². The van der Waals surface area contributed by atoms with Crippen molar-refractivity contribution >= 4 is 40.5 Å². The Labute approximate surface area is 164 Å². The van der Waals surface area contributed by atoms with E-state index in [0.29, 0.717) is 5.69 Å². The van der Waals surface area contributed by atoms with Crippen LogP contribution in [0.15, 0.2) is 41.8 Å². The largest absolute Gasteiger partial charge is 0.452 e. The summed E-state index contributed by atoms with van der Waals surface area (Å²) in [4.78, 5) is 46.6. The molecule has 0 saturated heterocycles. The van der Waals surface area contributed by atoms with Gasteiger partial charge in [0.25, 0.3) is 11.6 Å². The fourth-order valence-corrected chi connectivity index (χ4v) is 3.11. The third kappa shape index (κ3) is 6.16. The second-order valence-electron chi connectivity index (χ2n) is 5.90. The van der Waals surface area contributed by atoms with Gasteiger partial charge in [-0.2, -0.15) is 0 Å². The van der Waals surface area contributed by atoms with E-state index in [0.717, 1.165) is 4.88 Å². The number of carbonyl (C=O) groups excluding carboxylic acids is 3. The minimum atomic E-state index is -1.08. The maximum absolute atomic E-state index is 12.2. The van der Waals surface area contributed by atoms with Crippen LogP contribution in [0, 0.1) is 10.1 Å². The van der Waals surface area contributed by atoms with E-state index in [1.54, 1.807) is 12.1 Å². The summed E-state index contributed by atoms with van der Waals surface area (Å²) in [7, 11) is 0. The van der Waals surface area contributed by atoms with Crippen LogP contribution >= 0.6 is 11.3 Å². The van der Waals surface area contributed by atoms with Crippen LogP contribution in [-0.4, -0.2) is 28.8 Å². The number of rotatable bonds is 8. The van der Waals surface area contributed by atoms with Crippen molar-refractivity contribution in [2.75, 3.05) is 5.32 Å². The van der Waals surface area contributed by atoms with Gasteiger partial charge in [-0.15, -0.1) is 11.3 Å². The summed E-state index contributed by atoms with van der Waals surface area (Å²) >= 11 is 1.40. The van der Waals surface area contributed by atoms with Crippen molar-refractivity contribution < 1.29 is 24.0 Å². The monoisotopic (exact) mass is 405 g/mol. The average molecular weight is 405 g/mol. The molecule has 2 rings (SSSR count). The fraction of sp³-hybridized carbons (Fsp3) is 0.278. The molecule has 2 aromatic rings. The van der Waals surface area contributed by atoms with E-state index in [1.165, 1.54) is 49.4 Å². The zero-order chi connectivity index (χ0) is 20.7. The summed E-state index contributed by atoms with van der Waals surface area (Å²) in [5, 5.41) is 17.7. The van der Waals surface area contributed by atoms with Gasteiger partial charge >= 0.3 is 5.97 Å². The predicted molar refractivity (Wildman–Crippen MR) is 103 cm³/mol. The summed E-state index contributed by atoms with van der Waals surface area (Å²) in [6.45, 7) is 2.77. The maximum atomic E-state index is 12.2. The average Bonchev–Trinajstić information content (AvgIpc) is 3.15. The van der Waals surface area contributed by atoms with Gasteiger partial charge in [-0.1, -0.05) is 6.07 Å². The molecule has 2 unspecified atom stereocenters. The molecule has 9 nitrogen and oxygen atoms in total. The van der Waals surface area contributed by atoms with Crippen LogP contribution in [0.25, 0.3) is 0 Å². The number of thiophene rings is 1. The number of hydrogen-bond donors (Lipinski definition) is 2. The number of carbonyl (C=O) groups is 3. The van der Waals surface area contributed by atoms with Gasteiger partial charge < -0.3 is 15.4 Å². The number of anilines is 1. The molecule has 0 aliphatic rings. The number of nitro groups is 1. The minimum Gasteiger partial charge on any atom is -0.452 e. The highest BCUT2D eigenvalue weighted by Gasteiger charge is 2.23. The Morgan fingerprint density at radius 1 is 1.21 bits per heavy atom. The van der Waals surface area contributed by atoms with Gasteiger partial charge in [0.15, 0.2) is 6.10 Å². The Morgan fingerprint density at radius 2 is 1.89 bits per heavy atom. The van der Waals surface area contributed by atoms with Gasteiger partial charge in [-0.3, -0.25) is 24.5 Å². The first-order chi connectivity index (χ1) is 13.3. The molecule has 0 saturated carbocycles. The number of non-ortho nitro benzene ring substituents is 1. The summed E-state index contributed by atoms with van der Waals surface area (Å²) in [6, 6.07) is 8.35. The normalized spacial score (nSPS) is 12.5. The lowest BCUT2D eigenvalue weighted by Crippen LogP contribution is -2.32. The van der Waals surface area contributed by atoms with Crippen molar-refractivity contribution in [3.8, 4) is 0 Å². The summed E-state index contributed by atoms with van der Waals surface area (Å²) in [6.07, 6.45) is -1.20. The number of nitrogens with zero attached hydrogens (tertiary/aromatic N) is 1. The molecule has 148 valence electrons. The van der Waals surface area contributed by atoms with E-state index in [-0.39, 0.29) is 18.0 Å². The van der Waals surface area contributed by atoms with Gasteiger partial charge in [0.2, 0.25) is 5.91 Å². The molecule has 1 aromatic carbocycles. The summed E-state index contributed by atoms with van der Waals surface area (Å²) < 4.78 is 5.15. The van der Waals surface area contributed by atoms with Crippen LogP contribution < -0.4 is 10.6 Å². The van der Waals surface area contributed by atoms with E-state index in [4.69, 9.17) is 4.74 Å². The lowest BCUT2D eigenvalue weighted by atomic mass is 10.1. The Hall–Kier alpha value is -3.27. The highest BCUT2D eigenvalue weighted by Crippen LogP contribution is 2.23. The van der Waals surface area contributed by atoms with Crippen LogP contribution in [0.4, 0.5) is 11.4 Å². The quantitative estimate of drug-likeness (QED) is 0.395. The van der Waals surface area contributed by atoms with Crippen LogP contribution in [0.1, 0.15) is 31.2 Å². The van der Waals surface area contributed by atoms with Crippen LogP contribution in [0.3, 0.4) is 0 Å². The standard InChI is InChI=1S/C18H19N3O6S/c1-11(18(24)20-13-5-7-14(8-6-13)21(25)26)27-17(23)10-15(19-12(2)22)16-4-3-9-28-16/h3-9,11,15H,10H2,1-2H3,(H,19,22)(H,20,24). The van der Waals surface area contributed by atoms with Gasteiger partial charge in [0, 0.05) is 29.6 Å². The van der Waals surface area contributed by atoms with Crippen molar-refractivity contribution in [1.29, 1.82) is 0 Å². The zero-order valence-electron chi connectivity index (χ0n) is 15.2. The van der Waals surface area contributed by atoms with Crippen molar-refractivity contribution in [1.82, 2.24) is 5.32 Å². The van der Waals surface area contributed by atoms with Crippen LogP contribution in [-0.2, 0) is 19.1 Å². The molecule has 0 spiro atoms. The molecule has 28 heavy (non-hydrogen) atoms. The number of hydrogen-bond acceptors (Lipinski definition) is 7. The number of amides is 2. The molecule has 0 radical (unpaired) electrons. The van der Waals surface area contributed by atoms with E-state index < -0.39 is 28.9 Å². The van der Waals surface area contributed by atoms with Crippen molar-refractivity contribution in [2.24, 2.45) is 0 Å². The second kappa shape index (κ2) is 9.60. The minimum absolute atomic E-state index is 0.102. The van der Waals surface area contributed by atoms with Gasteiger partial charge in [0.1, 0.15) is 0 Å². The molecule has 2 atom stereocenters. The van der Waals surface area contributed by atoms with Crippen molar-refractivity contribution in [3.05, 3.63) is 56.8 Å². The molecule has 2 amide bonds. The number of nitrogens with one attached hydrogen (secondary N) is 2. The number of esters is 1. The smallest absolute Gasteiger partial charge is 0.309 e. The molecule has 1 aromatic heterocycles. The van der Waals surface area contributed by atoms with Gasteiger partial charge in [0.05, 0.1) is 17.4 Å². The summed E-state index contributed by atoms with van der Waals surface area (Å²) in [5.74, 6) is -1.50. The Balaban J connectivity index is 1.91. The first-order valence-electron chi connectivity index (χ1n) is 8.31. The topological polar surface area (TPSA) is 128 Å². The van der Waals surface area contributed by atoms with Crippen molar-refractivity contribution in [2.45, 2.75) is 32.4 Å². The molecule has 0 bridgehead atoms. The van der Waals surface area contributed by atoms with Crippen molar-refractivity contribution in [3.63, 3.8) is 0 Å². The molecule has 0 fully saturated rings. The Morgan fingerprint density at radius 3 is 2.43 bits per heavy atom. The lowest BCUT2D eigenvalue weighted by Gasteiger charge is -2.18. The third-order valence-electron chi connectivity index (χ3n) is 3.66. The first kappa shape index (κ1) is 21.0. The highest BCUT2D eigenvalue weighted by molar-refractivity contribution is 7.10. The Bertz CT molecular complexity index is 851. The number of nitro benzene ring substituents is 1. The number of benzene rings is 1. The summed E-state index contributed by atoms with van der Waals surface area (Å²) in [5.41, 5.74) is 0.239. The number of ether oxygens (including phenoxy) is 1. The van der Waals surface area contributed by atoms with Crippen LogP contribution in [0.2, 0.25) is 0 Å². The first-order valence-corrected chi connectivity index (χ1v) is 9.19. The third-order valence-corrected chi connectivity index (χ3v) is 4.64. The molecular formula is C18H19N3O6S. The fourth-order valence-electron chi connectivity index (χ4n) is 2.33. The predicted octanol–water partition coefficient (Wildman–Crippen LogP) is 2.79. The molecule has 2 N–H and O–H groups in total. The molecule has 1 heterocycles. The molecular weight excluding hydrogens is 386 g/mol. The van der Waals surface area contributed by atoms with Gasteiger partial charge in [-0.05, 0) is 30.5 Å². The maximum Gasteiger partial charge on any atom is 0.309 e. The lowest BCUT2D eigenvalue weighted by molar-refractivity contribution is -0.384.